The third kappa shape index (κ3) is 3.04. The van der Waals surface area contributed by atoms with Crippen LogP contribution in [0.1, 0.15) is 5.56 Å². The van der Waals surface area contributed by atoms with Crippen molar-refractivity contribution in [1.29, 1.82) is 0 Å². The Hall–Kier alpha value is -2.53. The zero-order valence-electron chi connectivity index (χ0n) is 11.2. The van der Waals surface area contributed by atoms with Crippen molar-refractivity contribution in [2.75, 3.05) is 5.43 Å². The van der Waals surface area contributed by atoms with Gasteiger partial charge in [-0.3, -0.25) is 10.4 Å². The molecular weight excluding hydrogens is 308 g/mol. The van der Waals surface area contributed by atoms with Gasteiger partial charge in [0.25, 0.3) is 0 Å². The Morgan fingerprint density at radius 3 is 2.77 bits per heavy atom. The van der Waals surface area contributed by atoms with Crippen LogP contribution in [0.15, 0.2) is 53.8 Å². The lowest BCUT2D eigenvalue weighted by Crippen LogP contribution is -1.95. The first-order valence-electron chi connectivity index (χ1n) is 6.42. The molecule has 0 aliphatic heterocycles. The maximum absolute atomic E-state index is 13.5. The molecule has 0 unspecified atom stereocenters. The van der Waals surface area contributed by atoms with E-state index in [1.165, 1.54) is 18.3 Å². The second-order valence-electron chi connectivity index (χ2n) is 4.56. The Balaban J connectivity index is 1.86. The van der Waals surface area contributed by atoms with Crippen LogP contribution < -0.4 is 5.43 Å². The first-order valence-corrected chi connectivity index (χ1v) is 6.80. The quantitative estimate of drug-likeness (QED) is 0.565. The highest BCUT2D eigenvalue weighted by molar-refractivity contribution is 6.31. The molecule has 1 aromatic heterocycles. The van der Waals surface area contributed by atoms with Crippen molar-refractivity contribution in [2.45, 2.75) is 0 Å². The van der Waals surface area contributed by atoms with Gasteiger partial charge in [-0.05, 0) is 36.4 Å². The molecule has 1 N–H and O–H groups in total. The van der Waals surface area contributed by atoms with Crippen LogP contribution in [0.2, 0.25) is 5.02 Å². The monoisotopic (exact) mass is 317 g/mol. The average molecular weight is 318 g/mol. The van der Waals surface area contributed by atoms with Gasteiger partial charge in [-0.25, -0.2) is 8.78 Å². The number of pyridine rings is 1. The molecule has 0 bridgehead atoms. The Kier molecular flexibility index (Phi) is 3.98. The van der Waals surface area contributed by atoms with Crippen LogP contribution >= 0.6 is 11.6 Å². The molecule has 6 heteroatoms. The third-order valence-electron chi connectivity index (χ3n) is 3.06. The summed E-state index contributed by atoms with van der Waals surface area (Å²) in [5, 5.41) is 5.41. The number of rotatable bonds is 3. The van der Waals surface area contributed by atoms with Crippen LogP contribution in [-0.2, 0) is 0 Å². The maximum Gasteiger partial charge on any atom is 0.134 e. The van der Waals surface area contributed by atoms with E-state index < -0.39 is 11.6 Å². The second-order valence-corrected chi connectivity index (χ2v) is 4.99. The van der Waals surface area contributed by atoms with Gasteiger partial charge < -0.3 is 0 Å². The Labute approximate surface area is 130 Å². The van der Waals surface area contributed by atoms with Crippen LogP contribution in [0.3, 0.4) is 0 Å². The molecule has 0 amide bonds. The third-order valence-corrected chi connectivity index (χ3v) is 3.29. The summed E-state index contributed by atoms with van der Waals surface area (Å²) < 4.78 is 26.3. The van der Waals surface area contributed by atoms with E-state index in [0.717, 1.165) is 17.0 Å². The first-order chi connectivity index (χ1) is 10.6. The van der Waals surface area contributed by atoms with Gasteiger partial charge in [-0.2, -0.15) is 5.10 Å². The number of nitrogens with zero attached hydrogens (tertiary/aromatic N) is 2. The fourth-order valence-corrected chi connectivity index (χ4v) is 2.16. The number of hydrogen-bond donors (Lipinski definition) is 1. The number of anilines is 1. The maximum atomic E-state index is 13.5. The molecule has 0 spiro atoms. The van der Waals surface area contributed by atoms with Crippen LogP contribution in [0, 0.1) is 11.6 Å². The highest BCUT2D eigenvalue weighted by Crippen LogP contribution is 2.24. The average Bonchev–Trinajstić information content (AvgIpc) is 2.49. The lowest BCUT2D eigenvalue weighted by Gasteiger charge is -2.05. The molecule has 3 rings (SSSR count). The fraction of sp³-hybridized carbons (Fsp3) is 0. The molecule has 3 aromatic rings. The van der Waals surface area contributed by atoms with Crippen molar-refractivity contribution >= 4 is 34.4 Å². The first kappa shape index (κ1) is 14.4. The summed E-state index contributed by atoms with van der Waals surface area (Å²) >= 11 is 5.92. The molecule has 22 heavy (non-hydrogen) atoms. The standard InChI is InChI=1S/C16H10ClF2N3/c17-11-2-4-13-15(5-6-20-16(13)7-11)22-21-9-10-1-3-12(18)8-14(10)19/h1-9H,(H,20,22)/b21-9-. The van der Waals surface area contributed by atoms with E-state index >= 15 is 0 Å². The smallest absolute Gasteiger partial charge is 0.134 e. The van der Waals surface area contributed by atoms with Gasteiger partial charge in [0.05, 0.1) is 17.4 Å². The second kappa shape index (κ2) is 6.07. The Morgan fingerprint density at radius 1 is 1.09 bits per heavy atom. The number of hydrazone groups is 1. The van der Waals surface area contributed by atoms with Gasteiger partial charge in [0, 0.05) is 28.2 Å². The fourth-order valence-electron chi connectivity index (χ4n) is 2.00. The van der Waals surface area contributed by atoms with Crippen molar-refractivity contribution in [3.05, 3.63) is 70.9 Å². The van der Waals surface area contributed by atoms with Crippen LogP contribution in [0.5, 0.6) is 0 Å². The number of halogens is 3. The topological polar surface area (TPSA) is 37.3 Å². The minimum Gasteiger partial charge on any atom is -0.278 e. The van der Waals surface area contributed by atoms with Gasteiger partial charge >= 0.3 is 0 Å². The van der Waals surface area contributed by atoms with Crippen molar-refractivity contribution < 1.29 is 8.78 Å². The largest absolute Gasteiger partial charge is 0.278 e. The van der Waals surface area contributed by atoms with Crippen LogP contribution in [0.25, 0.3) is 10.9 Å². The minimum absolute atomic E-state index is 0.190. The van der Waals surface area contributed by atoms with E-state index in [-0.39, 0.29) is 5.56 Å². The molecule has 110 valence electrons. The van der Waals surface area contributed by atoms with E-state index in [0.29, 0.717) is 10.7 Å². The molecule has 2 aromatic carbocycles. The Morgan fingerprint density at radius 2 is 1.95 bits per heavy atom. The van der Waals surface area contributed by atoms with Gasteiger partial charge in [0.1, 0.15) is 11.6 Å². The van der Waals surface area contributed by atoms with Gasteiger partial charge in [0.15, 0.2) is 0 Å². The minimum atomic E-state index is -0.670. The molecule has 0 saturated heterocycles. The summed E-state index contributed by atoms with van der Waals surface area (Å²) in [4.78, 5) is 4.21. The van der Waals surface area contributed by atoms with Gasteiger partial charge in [0.2, 0.25) is 0 Å². The lowest BCUT2D eigenvalue weighted by atomic mass is 10.2. The summed E-state index contributed by atoms with van der Waals surface area (Å²) in [5.74, 6) is -1.29. The molecule has 0 radical (unpaired) electrons. The Bertz CT molecular complexity index is 865. The zero-order chi connectivity index (χ0) is 15.5. The van der Waals surface area contributed by atoms with E-state index in [4.69, 9.17) is 11.6 Å². The molecule has 0 saturated carbocycles. The predicted octanol–water partition coefficient (Wildman–Crippen LogP) is 4.61. The van der Waals surface area contributed by atoms with Crippen molar-refractivity contribution in [2.24, 2.45) is 5.10 Å². The summed E-state index contributed by atoms with van der Waals surface area (Å²) in [6.45, 7) is 0. The molecule has 0 fully saturated rings. The van der Waals surface area contributed by atoms with Crippen molar-refractivity contribution in [3.63, 3.8) is 0 Å². The van der Waals surface area contributed by atoms with Crippen LogP contribution in [-0.4, -0.2) is 11.2 Å². The molecule has 1 heterocycles. The highest BCUT2D eigenvalue weighted by Gasteiger charge is 2.03. The summed E-state index contributed by atoms with van der Waals surface area (Å²) in [6, 6.07) is 10.4. The predicted molar refractivity (Wildman–Crippen MR) is 84.3 cm³/mol. The van der Waals surface area contributed by atoms with Crippen molar-refractivity contribution in [3.8, 4) is 0 Å². The normalized spacial score (nSPS) is 11.2. The van der Waals surface area contributed by atoms with Gasteiger partial charge in [-0.15, -0.1) is 0 Å². The number of hydrogen-bond acceptors (Lipinski definition) is 3. The number of nitrogens with one attached hydrogen (secondary N) is 1. The summed E-state index contributed by atoms with van der Waals surface area (Å²) in [6.07, 6.45) is 2.91. The zero-order valence-corrected chi connectivity index (χ0v) is 12.0. The van der Waals surface area contributed by atoms with Gasteiger partial charge in [-0.1, -0.05) is 11.6 Å². The van der Waals surface area contributed by atoms with E-state index in [1.54, 1.807) is 24.4 Å². The van der Waals surface area contributed by atoms with E-state index in [2.05, 4.69) is 15.5 Å². The number of fused-ring (bicyclic) bond motifs is 1. The highest BCUT2D eigenvalue weighted by atomic mass is 35.5. The summed E-state index contributed by atoms with van der Waals surface area (Å²) in [5.41, 5.74) is 4.45. The van der Waals surface area contributed by atoms with E-state index in [1.807, 2.05) is 6.07 Å². The molecule has 0 atom stereocenters. The number of aromatic nitrogens is 1. The van der Waals surface area contributed by atoms with Crippen LogP contribution in [0.4, 0.5) is 14.5 Å². The number of benzene rings is 2. The summed E-state index contributed by atoms with van der Waals surface area (Å²) in [7, 11) is 0. The lowest BCUT2D eigenvalue weighted by molar-refractivity contribution is 0.582. The van der Waals surface area contributed by atoms with Crippen molar-refractivity contribution in [1.82, 2.24) is 4.98 Å². The molecule has 0 aliphatic rings. The van der Waals surface area contributed by atoms with E-state index in [9.17, 15) is 8.78 Å². The molecule has 0 aliphatic carbocycles. The molecule has 3 nitrogen and oxygen atoms in total. The SMILES string of the molecule is Fc1ccc(/C=N\Nc2ccnc3cc(Cl)ccc23)c(F)c1. The molecular formula is C16H10ClF2N3.